The first kappa shape index (κ1) is 41.0. The number of carbonyl (C=O) groups excluding carboxylic acids is 3. The molecule has 3 N–H and O–H groups in total. The molecule has 8 rings (SSSR count). The maximum Gasteiger partial charge on any atom is 0.407 e. The van der Waals surface area contributed by atoms with Gasteiger partial charge in [-0.25, -0.2) is 14.8 Å². The van der Waals surface area contributed by atoms with Crippen LogP contribution in [0.25, 0.3) is 33.6 Å². The summed E-state index contributed by atoms with van der Waals surface area (Å²) in [6, 6.07) is 26.4. The van der Waals surface area contributed by atoms with Crippen molar-refractivity contribution in [1.29, 1.82) is 0 Å². The molecular formula is C48H58N8O4. The standard InChI is InChI=1S/C48H58N8O4/c1-48(2,3)60-47(59)51-37-25-23-36(24-26-37)45(57)55-27-9-13-40(55)43-49-29-38(52-43)33-19-15-31(16-20-33)32-17-21-34(22-18-32)39-30-50-44(53-39)41-14-10-28-56(41)46(58)42(54(4)5)35-11-7-6-8-12-35/h6-8,11-12,15-22,29-30,36-37,40-42H,9-10,13-14,23-28H2,1-5H3,(H,49,52)(H,50,53)(H,51,59)/t36?,37?,40-,41-,42+/m0/s1. The van der Waals surface area contributed by atoms with Crippen molar-refractivity contribution in [2.24, 2.45) is 5.92 Å². The van der Waals surface area contributed by atoms with E-state index in [0.29, 0.717) is 6.54 Å². The number of likely N-dealkylation sites (N-methyl/N-ethyl adjacent to an activating group) is 1. The number of rotatable bonds is 10. The summed E-state index contributed by atoms with van der Waals surface area (Å²) in [4.78, 5) is 62.6. The van der Waals surface area contributed by atoms with Gasteiger partial charge in [-0.05, 0) is 114 Å². The van der Waals surface area contributed by atoms with Crippen LogP contribution in [0.2, 0.25) is 0 Å². The molecule has 0 spiro atoms. The van der Waals surface area contributed by atoms with E-state index >= 15 is 0 Å². The Labute approximate surface area is 353 Å². The third-order valence-corrected chi connectivity index (χ3v) is 12.3. The lowest BCUT2D eigenvalue weighted by molar-refractivity contribution is -0.138. The van der Waals surface area contributed by atoms with Crippen LogP contribution in [-0.4, -0.2) is 91.4 Å². The molecule has 3 atom stereocenters. The van der Waals surface area contributed by atoms with Gasteiger partial charge >= 0.3 is 6.09 Å². The van der Waals surface area contributed by atoms with Crippen LogP contribution >= 0.6 is 0 Å². The number of imidazole rings is 2. The summed E-state index contributed by atoms with van der Waals surface area (Å²) in [6.45, 7) is 7.02. The molecule has 3 aromatic carbocycles. The lowest BCUT2D eigenvalue weighted by Crippen LogP contribution is -2.43. The molecular weight excluding hydrogens is 753 g/mol. The Kier molecular flexibility index (Phi) is 11.9. The molecule has 3 amide bonds. The smallest absolute Gasteiger partial charge is 0.407 e. The van der Waals surface area contributed by atoms with E-state index in [4.69, 9.17) is 14.7 Å². The highest BCUT2D eigenvalue weighted by molar-refractivity contribution is 5.84. The molecule has 60 heavy (non-hydrogen) atoms. The number of nitrogens with zero attached hydrogens (tertiary/aromatic N) is 5. The minimum absolute atomic E-state index is 0.0310. The van der Waals surface area contributed by atoms with Crippen molar-refractivity contribution in [2.45, 2.75) is 102 Å². The summed E-state index contributed by atoms with van der Waals surface area (Å²) >= 11 is 0. The molecule has 1 aliphatic carbocycles. The third-order valence-electron chi connectivity index (χ3n) is 12.3. The summed E-state index contributed by atoms with van der Waals surface area (Å²) < 4.78 is 5.43. The first-order valence-corrected chi connectivity index (χ1v) is 21.5. The second-order valence-electron chi connectivity index (χ2n) is 17.9. The van der Waals surface area contributed by atoms with Crippen molar-refractivity contribution in [3.8, 4) is 33.6 Å². The Balaban J connectivity index is 0.873. The number of likely N-dealkylation sites (tertiary alicyclic amines) is 2. The number of carbonyl (C=O) groups is 3. The predicted molar refractivity (Wildman–Crippen MR) is 232 cm³/mol. The molecule has 3 fully saturated rings. The van der Waals surface area contributed by atoms with Gasteiger partial charge in [0.15, 0.2) is 0 Å². The van der Waals surface area contributed by atoms with Gasteiger partial charge in [0, 0.05) is 25.0 Å². The second-order valence-corrected chi connectivity index (χ2v) is 17.9. The van der Waals surface area contributed by atoms with Crippen LogP contribution in [0.3, 0.4) is 0 Å². The van der Waals surface area contributed by atoms with Crippen molar-refractivity contribution < 1.29 is 19.1 Å². The predicted octanol–water partition coefficient (Wildman–Crippen LogP) is 8.85. The van der Waals surface area contributed by atoms with E-state index in [1.807, 2.05) is 92.3 Å². The van der Waals surface area contributed by atoms with Gasteiger partial charge in [-0.2, -0.15) is 0 Å². The van der Waals surface area contributed by atoms with E-state index in [9.17, 15) is 14.4 Å². The first-order chi connectivity index (χ1) is 28.9. The number of benzene rings is 3. The van der Waals surface area contributed by atoms with Gasteiger partial charge < -0.3 is 29.8 Å². The van der Waals surface area contributed by atoms with Crippen LogP contribution in [0.5, 0.6) is 0 Å². The van der Waals surface area contributed by atoms with Crippen LogP contribution in [0, 0.1) is 5.92 Å². The van der Waals surface area contributed by atoms with Crippen LogP contribution in [0.4, 0.5) is 4.79 Å². The van der Waals surface area contributed by atoms with Crippen molar-refractivity contribution in [3.05, 3.63) is 108 Å². The van der Waals surface area contributed by atoms with Crippen LogP contribution in [0.1, 0.15) is 107 Å². The molecule has 12 heteroatoms. The van der Waals surface area contributed by atoms with E-state index in [1.54, 1.807) is 0 Å². The molecule has 314 valence electrons. The summed E-state index contributed by atoms with van der Waals surface area (Å²) in [6.07, 6.45) is 10.0. The second kappa shape index (κ2) is 17.5. The molecule has 0 unspecified atom stereocenters. The van der Waals surface area contributed by atoms with Crippen LogP contribution < -0.4 is 5.32 Å². The average molecular weight is 811 g/mol. The SMILES string of the molecule is CN(C)[C@@H](C(=O)N1CCC[C@H]1c1ncc(-c2ccc(-c3ccc(-c4cnc([C@@H]5CCCN5C(=O)C5CCC(NC(=O)OC(C)(C)C)CC5)[nH]4)cc3)cc2)[nH]1)c1ccccc1. The highest BCUT2D eigenvalue weighted by Crippen LogP contribution is 2.37. The zero-order valence-electron chi connectivity index (χ0n) is 35.5. The van der Waals surface area contributed by atoms with E-state index < -0.39 is 11.7 Å². The molecule has 2 aliphatic heterocycles. The van der Waals surface area contributed by atoms with Crippen LogP contribution in [0.15, 0.2) is 91.3 Å². The Morgan fingerprint density at radius 2 is 1.20 bits per heavy atom. The Morgan fingerprint density at radius 3 is 1.72 bits per heavy atom. The van der Waals surface area contributed by atoms with Gasteiger partial charge in [-0.3, -0.25) is 14.5 Å². The number of ether oxygens (including phenoxy) is 1. The van der Waals surface area contributed by atoms with E-state index in [0.717, 1.165) is 109 Å². The first-order valence-electron chi connectivity index (χ1n) is 21.5. The van der Waals surface area contributed by atoms with Gasteiger partial charge in [-0.15, -0.1) is 0 Å². The molecule has 0 radical (unpaired) electrons. The summed E-state index contributed by atoms with van der Waals surface area (Å²) in [5.41, 5.74) is 6.59. The molecule has 5 aromatic rings. The van der Waals surface area contributed by atoms with Gasteiger partial charge in [0.2, 0.25) is 11.8 Å². The number of hydrogen-bond acceptors (Lipinski definition) is 7. The number of alkyl carbamates (subject to hydrolysis) is 1. The average Bonchev–Trinajstić information content (AvgIpc) is 4.08. The van der Waals surface area contributed by atoms with Crippen molar-refractivity contribution in [3.63, 3.8) is 0 Å². The Bertz CT molecular complexity index is 2250. The van der Waals surface area contributed by atoms with Gasteiger partial charge in [-0.1, -0.05) is 78.9 Å². The Morgan fingerprint density at radius 1 is 0.700 bits per heavy atom. The monoisotopic (exact) mass is 810 g/mol. The lowest BCUT2D eigenvalue weighted by Gasteiger charge is -2.33. The highest BCUT2D eigenvalue weighted by atomic mass is 16.6. The number of aromatic nitrogens is 4. The summed E-state index contributed by atoms with van der Waals surface area (Å²) in [5.74, 6) is 1.90. The van der Waals surface area contributed by atoms with E-state index in [2.05, 4.69) is 63.8 Å². The molecule has 12 nitrogen and oxygen atoms in total. The highest BCUT2D eigenvalue weighted by Gasteiger charge is 2.39. The fourth-order valence-electron chi connectivity index (χ4n) is 9.27. The molecule has 0 bridgehead atoms. The third kappa shape index (κ3) is 9.03. The quantitative estimate of drug-likeness (QED) is 0.128. The van der Waals surface area contributed by atoms with Crippen molar-refractivity contribution in [1.82, 2.24) is 40.0 Å². The number of amides is 3. The number of aromatic amines is 2. The number of H-pyrrole nitrogens is 2. The molecule has 1 saturated carbocycles. The van der Waals surface area contributed by atoms with E-state index in [-0.39, 0.29) is 41.9 Å². The minimum atomic E-state index is -0.538. The minimum Gasteiger partial charge on any atom is -0.444 e. The summed E-state index contributed by atoms with van der Waals surface area (Å²) in [7, 11) is 3.91. The molecule has 2 aromatic heterocycles. The number of hydrogen-bond donors (Lipinski definition) is 3. The normalized spacial score (nSPS) is 21.3. The summed E-state index contributed by atoms with van der Waals surface area (Å²) in [5, 5.41) is 2.98. The number of nitrogens with one attached hydrogen (secondary N) is 3. The molecule has 3 aliphatic rings. The topological polar surface area (TPSA) is 140 Å². The van der Waals surface area contributed by atoms with Crippen molar-refractivity contribution in [2.75, 3.05) is 27.2 Å². The maximum atomic E-state index is 13.9. The fourth-order valence-corrected chi connectivity index (χ4v) is 9.27. The van der Waals surface area contributed by atoms with Gasteiger partial charge in [0.05, 0.1) is 35.9 Å². The molecule has 4 heterocycles. The van der Waals surface area contributed by atoms with Gasteiger partial charge in [0.25, 0.3) is 0 Å². The molecule has 2 saturated heterocycles. The zero-order chi connectivity index (χ0) is 42.0. The van der Waals surface area contributed by atoms with E-state index in [1.165, 1.54) is 0 Å². The van der Waals surface area contributed by atoms with Gasteiger partial charge in [0.1, 0.15) is 23.3 Å². The van der Waals surface area contributed by atoms with Crippen molar-refractivity contribution >= 4 is 17.9 Å². The Hall–Kier alpha value is -5.75. The maximum absolute atomic E-state index is 13.9. The van der Waals surface area contributed by atoms with Crippen LogP contribution in [-0.2, 0) is 14.3 Å². The fraction of sp³-hybridized carbons (Fsp3) is 0.438. The largest absolute Gasteiger partial charge is 0.444 e. The zero-order valence-corrected chi connectivity index (χ0v) is 35.5. The lowest BCUT2D eigenvalue weighted by atomic mass is 9.85.